The van der Waals surface area contributed by atoms with Gasteiger partial charge in [0.05, 0.1) is 0 Å². The molecule has 4 nitrogen and oxygen atoms in total. The zero-order chi connectivity index (χ0) is 11.5. The van der Waals surface area contributed by atoms with Crippen LogP contribution in [0.4, 0.5) is 4.79 Å². The predicted molar refractivity (Wildman–Crippen MR) is 61.1 cm³/mol. The van der Waals surface area contributed by atoms with Crippen molar-refractivity contribution in [3.63, 3.8) is 0 Å². The van der Waals surface area contributed by atoms with Crippen molar-refractivity contribution in [2.75, 3.05) is 18.1 Å². The molecule has 0 bridgehead atoms. The van der Waals surface area contributed by atoms with Crippen molar-refractivity contribution in [3.8, 4) is 0 Å². The lowest BCUT2D eigenvalue weighted by Crippen LogP contribution is -2.43. The van der Waals surface area contributed by atoms with Crippen LogP contribution in [-0.2, 0) is 4.74 Å². The number of aliphatic hydroxyl groups is 1. The molecule has 1 fully saturated rings. The van der Waals surface area contributed by atoms with Gasteiger partial charge in [-0.3, -0.25) is 0 Å². The van der Waals surface area contributed by atoms with Crippen LogP contribution >= 0.6 is 11.8 Å². The Kier molecular flexibility index (Phi) is 4.28. The van der Waals surface area contributed by atoms with Crippen LogP contribution in [0.25, 0.3) is 0 Å². The van der Waals surface area contributed by atoms with Gasteiger partial charge in [-0.15, -0.1) is 0 Å². The van der Waals surface area contributed by atoms with Crippen LogP contribution in [0.1, 0.15) is 20.8 Å². The van der Waals surface area contributed by atoms with E-state index in [2.05, 4.69) is 5.32 Å². The fourth-order valence-electron chi connectivity index (χ4n) is 1.40. The molecule has 2 unspecified atom stereocenters. The molecule has 1 aliphatic rings. The molecule has 15 heavy (non-hydrogen) atoms. The lowest BCUT2D eigenvalue weighted by atomic mass is 10.1. The van der Waals surface area contributed by atoms with Gasteiger partial charge in [0, 0.05) is 30.1 Å². The van der Waals surface area contributed by atoms with Crippen LogP contribution in [0.2, 0.25) is 0 Å². The maximum atomic E-state index is 11.5. The first-order valence-corrected chi connectivity index (χ1v) is 6.26. The Morgan fingerprint density at radius 1 is 1.53 bits per heavy atom. The zero-order valence-electron chi connectivity index (χ0n) is 9.45. The van der Waals surface area contributed by atoms with Gasteiger partial charge in [-0.1, -0.05) is 0 Å². The van der Waals surface area contributed by atoms with E-state index in [9.17, 15) is 4.79 Å². The Bertz CT molecular complexity index is 227. The molecule has 0 saturated carbocycles. The van der Waals surface area contributed by atoms with E-state index in [0.29, 0.717) is 0 Å². The molecule has 1 heterocycles. The van der Waals surface area contributed by atoms with Gasteiger partial charge in [0.2, 0.25) is 0 Å². The van der Waals surface area contributed by atoms with Gasteiger partial charge in [0.1, 0.15) is 5.60 Å². The van der Waals surface area contributed by atoms with E-state index >= 15 is 0 Å². The summed E-state index contributed by atoms with van der Waals surface area (Å²) in [7, 11) is 0. The van der Waals surface area contributed by atoms with E-state index < -0.39 is 11.7 Å². The quantitative estimate of drug-likeness (QED) is 0.753. The third-order valence-corrected chi connectivity index (χ3v) is 3.39. The smallest absolute Gasteiger partial charge is 0.407 e. The molecule has 0 aromatic heterocycles. The highest BCUT2D eigenvalue weighted by molar-refractivity contribution is 7.99. The Morgan fingerprint density at radius 3 is 2.73 bits per heavy atom. The van der Waals surface area contributed by atoms with E-state index in [1.807, 2.05) is 20.8 Å². The van der Waals surface area contributed by atoms with Gasteiger partial charge in [-0.25, -0.2) is 4.79 Å². The van der Waals surface area contributed by atoms with Crippen LogP contribution in [0, 0.1) is 5.92 Å². The summed E-state index contributed by atoms with van der Waals surface area (Å²) >= 11 is 1.74. The summed E-state index contributed by atoms with van der Waals surface area (Å²) < 4.78 is 5.15. The van der Waals surface area contributed by atoms with Crippen LogP contribution in [-0.4, -0.2) is 41.0 Å². The minimum Gasteiger partial charge on any atom is -0.444 e. The maximum Gasteiger partial charge on any atom is 0.407 e. The summed E-state index contributed by atoms with van der Waals surface area (Å²) in [5.41, 5.74) is -0.468. The minimum absolute atomic E-state index is 0.0369. The molecule has 0 radical (unpaired) electrons. The molecule has 0 aromatic carbocycles. The summed E-state index contributed by atoms with van der Waals surface area (Å²) in [4.78, 5) is 11.5. The fraction of sp³-hybridized carbons (Fsp3) is 0.900. The molecule has 5 heteroatoms. The monoisotopic (exact) mass is 233 g/mol. The number of carbonyl (C=O) groups is 1. The van der Waals surface area contributed by atoms with Crippen LogP contribution in [0.3, 0.4) is 0 Å². The second kappa shape index (κ2) is 5.07. The van der Waals surface area contributed by atoms with Crippen molar-refractivity contribution in [1.82, 2.24) is 5.32 Å². The van der Waals surface area contributed by atoms with Gasteiger partial charge < -0.3 is 15.2 Å². The number of hydrogen-bond acceptors (Lipinski definition) is 4. The summed E-state index contributed by atoms with van der Waals surface area (Å²) in [6.07, 6.45) is -0.395. The van der Waals surface area contributed by atoms with Crippen molar-refractivity contribution >= 4 is 17.9 Å². The lowest BCUT2D eigenvalue weighted by molar-refractivity contribution is 0.0489. The van der Waals surface area contributed by atoms with Gasteiger partial charge >= 0.3 is 6.09 Å². The minimum atomic E-state index is -0.468. The largest absolute Gasteiger partial charge is 0.444 e. The molecular formula is C10H19NO3S. The number of nitrogens with one attached hydrogen (secondary N) is 1. The van der Waals surface area contributed by atoms with Crippen LogP contribution in [0.5, 0.6) is 0 Å². The third kappa shape index (κ3) is 4.30. The SMILES string of the molecule is CC(C)(C)OC(=O)NC1CSCC1CO. The number of thioether (sulfide) groups is 1. The van der Waals surface area contributed by atoms with E-state index in [1.165, 1.54) is 0 Å². The highest BCUT2D eigenvalue weighted by Crippen LogP contribution is 2.24. The zero-order valence-corrected chi connectivity index (χ0v) is 10.3. The van der Waals surface area contributed by atoms with Gasteiger partial charge in [-0.2, -0.15) is 11.8 Å². The normalized spacial score (nSPS) is 26.4. The Hall–Kier alpha value is -0.420. The molecule has 0 aliphatic carbocycles. The van der Waals surface area contributed by atoms with E-state index in [1.54, 1.807) is 11.8 Å². The first-order chi connectivity index (χ1) is 6.92. The highest BCUT2D eigenvalue weighted by Gasteiger charge is 2.29. The number of amides is 1. The van der Waals surface area contributed by atoms with Crippen LogP contribution < -0.4 is 5.32 Å². The van der Waals surface area contributed by atoms with E-state index in [0.717, 1.165) is 11.5 Å². The molecule has 0 aromatic rings. The lowest BCUT2D eigenvalue weighted by Gasteiger charge is -2.23. The molecule has 1 aliphatic heterocycles. The fourth-order valence-corrected chi connectivity index (χ4v) is 2.78. The van der Waals surface area contributed by atoms with E-state index in [4.69, 9.17) is 9.84 Å². The maximum absolute atomic E-state index is 11.5. The average Bonchev–Trinajstić information content (AvgIpc) is 2.48. The summed E-state index contributed by atoms with van der Waals surface area (Å²) in [5, 5.41) is 11.9. The number of ether oxygens (including phenoxy) is 1. The number of rotatable bonds is 2. The number of hydrogen-bond donors (Lipinski definition) is 2. The predicted octanol–water partition coefficient (Wildman–Crippen LogP) is 1.23. The molecule has 0 spiro atoms. The Labute approximate surface area is 94.8 Å². The van der Waals surface area contributed by atoms with Crippen molar-refractivity contribution < 1.29 is 14.6 Å². The molecule has 1 saturated heterocycles. The van der Waals surface area contributed by atoms with E-state index in [-0.39, 0.29) is 18.6 Å². The standard InChI is InChI=1S/C10H19NO3S/c1-10(2,3)14-9(13)11-8-6-15-5-7(8)4-12/h7-8,12H,4-6H2,1-3H3,(H,11,13). The van der Waals surface area contributed by atoms with Gasteiger partial charge in [0.15, 0.2) is 0 Å². The second-order valence-electron chi connectivity index (χ2n) is 4.73. The summed E-state index contributed by atoms with van der Waals surface area (Å²) in [6.45, 7) is 5.62. The molecule has 2 atom stereocenters. The van der Waals surface area contributed by atoms with Gasteiger partial charge in [-0.05, 0) is 20.8 Å². The summed E-state index contributed by atoms with van der Waals surface area (Å²) in [5.74, 6) is 1.91. The van der Waals surface area contributed by atoms with Crippen molar-refractivity contribution in [2.24, 2.45) is 5.92 Å². The van der Waals surface area contributed by atoms with Crippen LogP contribution in [0.15, 0.2) is 0 Å². The third-order valence-electron chi connectivity index (χ3n) is 2.14. The van der Waals surface area contributed by atoms with Crippen molar-refractivity contribution in [2.45, 2.75) is 32.4 Å². The number of alkyl carbamates (subject to hydrolysis) is 1. The first kappa shape index (κ1) is 12.6. The number of aliphatic hydroxyl groups excluding tert-OH is 1. The topological polar surface area (TPSA) is 58.6 Å². The second-order valence-corrected chi connectivity index (χ2v) is 5.81. The molecule has 1 rings (SSSR count). The molecule has 1 amide bonds. The van der Waals surface area contributed by atoms with Crippen molar-refractivity contribution in [1.29, 1.82) is 0 Å². The first-order valence-electron chi connectivity index (χ1n) is 5.10. The number of carbonyl (C=O) groups excluding carboxylic acids is 1. The highest BCUT2D eigenvalue weighted by atomic mass is 32.2. The Morgan fingerprint density at radius 2 is 2.20 bits per heavy atom. The van der Waals surface area contributed by atoms with Crippen molar-refractivity contribution in [3.05, 3.63) is 0 Å². The molecule has 88 valence electrons. The Balaban J connectivity index is 2.37. The molecule has 2 N–H and O–H groups in total. The van der Waals surface area contributed by atoms with Gasteiger partial charge in [0.25, 0.3) is 0 Å². The average molecular weight is 233 g/mol. The summed E-state index contributed by atoms with van der Waals surface area (Å²) in [6, 6.07) is 0.0369. The molecular weight excluding hydrogens is 214 g/mol.